The number of fused-ring (bicyclic) bond motifs is 1. The van der Waals surface area contributed by atoms with Gasteiger partial charge in [0.25, 0.3) is 0 Å². The summed E-state index contributed by atoms with van der Waals surface area (Å²) in [7, 11) is 0. The second-order valence-electron chi connectivity index (χ2n) is 8.67. The molecule has 0 bridgehead atoms. The molecule has 1 atom stereocenters. The Kier molecular flexibility index (Phi) is 4.79. The highest BCUT2D eigenvalue weighted by molar-refractivity contribution is 7.13. The summed E-state index contributed by atoms with van der Waals surface area (Å²) in [5.41, 5.74) is 5.54. The monoisotopic (exact) mass is 418 g/mol. The molecule has 154 valence electrons. The van der Waals surface area contributed by atoms with Gasteiger partial charge in [-0.3, -0.25) is 0 Å². The molecule has 1 aromatic carbocycles. The van der Waals surface area contributed by atoms with E-state index in [2.05, 4.69) is 64.6 Å². The summed E-state index contributed by atoms with van der Waals surface area (Å²) >= 11 is 1.65. The largest absolute Gasteiger partial charge is 0.360 e. The molecule has 6 nitrogen and oxygen atoms in total. The summed E-state index contributed by atoms with van der Waals surface area (Å²) in [5.74, 6) is 0.691. The SMILES string of the molecule is Cc1cnc(N[C@H]2CCC(C)(C)NC2)nc1-c1c[nH]c2cc(-c3nccs3)ccc12. The Morgan fingerprint density at radius 2 is 2.13 bits per heavy atom. The summed E-state index contributed by atoms with van der Waals surface area (Å²) in [6.45, 7) is 7.49. The summed E-state index contributed by atoms with van der Waals surface area (Å²) < 4.78 is 0. The van der Waals surface area contributed by atoms with E-state index in [0.717, 1.165) is 57.7 Å². The van der Waals surface area contributed by atoms with E-state index < -0.39 is 0 Å². The number of piperidine rings is 1. The normalized spacial score (nSPS) is 18.6. The summed E-state index contributed by atoms with van der Waals surface area (Å²) in [6, 6.07) is 6.78. The number of anilines is 1. The van der Waals surface area contributed by atoms with Crippen LogP contribution < -0.4 is 10.6 Å². The first-order valence-electron chi connectivity index (χ1n) is 10.4. The van der Waals surface area contributed by atoms with Crippen molar-refractivity contribution in [2.24, 2.45) is 0 Å². The van der Waals surface area contributed by atoms with Gasteiger partial charge < -0.3 is 15.6 Å². The molecule has 0 unspecified atom stereocenters. The van der Waals surface area contributed by atoms with Crippen LogP contribution in [0.5, 0.6) is 0 Å². The third-order valence-electron chi connectivity index (χ3n) is 5.87. The lowest BCUT2D eigenvalue weighted by atomic mass is 9.91. The molecule has 3 N–H and O–H groups in total. The predicted molar refractivity (Wildman–Crippen MR) is 124 cm³/mol. The minimum absolute atomic E-state index is 0.207. The summed E-state index contributed by atoms with van der Waals surface area (Å²) in [4.78, 5) is 17.3. The Bertz CT molecular complexity index is 1170. The van der Waals surface area contributed by atoms with Crippen LogP contribution in [-0.4, -0.2) is 38.1 Å². The minimum atomic E-state index is 0.207. The molecule has 7 heteroatoms. The average molecular weight is 419 g/mol. The Labute approximate surface area is 180 Å². The third-order valence-corrected chi connectivity index (χ3v) is 6.69. The number of rotatable bonds is 4. The highest BCUT2D eigenvalue weighted by Gasteiger charge is 2.26. The van der Waals surface area contributed by atoms with Gasteiger partial charge in [0.15, 0.2) is 0 Å². The quantitative estimate of drug-likeness (QED) is 0.435. The van der Waals surface area contributed by atoms with E-state index in [1.165, 1.54) is 0 Å². The zero-order valence-electron chi connectivity index (χ0n) is 17.5. The molecular formula is C23H26N6S. The average Bonchev–Trinajstić information content (AvgIpc) is 3.40. The van der Waals surface area contributed by atoms with Crippen LogP contribution in [0.25, 0.3) is 32.7 Å². The van der Waals surface area contributed by atoms with Crippen LogP contribution in [0, 0.1) is 6.92 Å². The van der Waals surface area contributed by atoms with Crippen molar-refractivity contribution in [1.29, 1.82) is 0 Å². The number of thiazole rings is 1. The zero-order valence-corrected chi connectivity index (χ0v) is 18.3. The topological polar surface area (TPSA) is 78.5 Å². The van der Waals surface area contributed by atoms with Crippen LogP contribution in [0.1, 0.15) is 32.3 Å². The van der Waals surface area contributed by atoms with E-state index in [0.29, 0.717) is 12.0 Å². The fourth-order valence-electron chi connectivity index (χ4n) is 4.04. The van der Waals surface area contributed by atoms with Crippen molar-refractivity contribution in [2.45, 2.75) is 45.2 Å². The van der Waals surface area contributed by atoms with Gasteiger partial charge in [-0.15, -0.1) is 11.3 Å². The van der Waals surface area contributed by atoms with E-state index in [-0.39, 0.29) is 5.54 Å². The van der Waals surface area contributed by atoms with Gasteiger partial charge in [-0.05, 0) is 45.2 Å². The van der Waals surface area contributed by atoms with Crippen molar-refractivity contribution in [1.82, 2.24) is 25.3 Å². The van der Waals surface area contributed by atoms with E-state index in [4.69, 9.17) is 4.98 Å². The van der Waals surface area contributed by atoms with Crippen LogP contribution in [-0.2, 0) is 0 Å². The van der Waals surface area contributed by atoms with E-state index in [9.17, 15) is 0 Å². The Balaban J connectivity index is 1.44. The lowest BCUT2D eigenvalue weighted by Crippen LogP contribution is -2.50. The summed E-state index contributed by atoms with van der Waals surface area (Å²) in [5, 5.41) is 11.3. The van der Waals surface area contributed by atoms with Crippen molar-refractivity contribution in [3.05, 3.63) is 47.7 Å². The highest BCUT2D eigenvalue weighted by atomic mass is 32.1. The fraction of sp³-hybridized carbons (Fsp3) is 0.348. The number of aryl methyl sites for hydroxylation is 1. The molecule has 0 aliphatic carbocycles. The molecular weight excluding hydrogens is 392 g/mol. The maximum atomic E-state index is 4.89. The van der Waals surface area contributed by atoms with Crippen molar-refractivity contribution in [3.8, 4) is 21.8 Å². The number of hydrogen-bond donors (Lipinski definition) is 3. The first-order valence-corrected chi connectivity index (χ1v) is 11.2. The third kappa shape index (κ3) is 3.70. The standard InChI is InChI=1S/C23H26N6S/c1-14-11-26-22(28-16-6-7-23(2,3)27-12-16)29-20(14)18-13-25-19-10-15(4-5-17(18)19)21-24-8-9-30-21/h4-5,8-11,13,16,25,27H,6-7,12H2,1-3H3,(H,26,28,29)/t16-/m0/s1. The Morgan fingerprint density at radius 1 is 1.23 bits per heavy atom. The molecule has 0 saturated carbocycles. The van der Waals surface area contributed by atoms with Gasteiger partial charge in [0, 0.05) is 64.1 Å². The molecule has 0 spiro atoms. The van der Waals surface area contributed by atoms with Gasteiger partial charge >= 0.3 is 0 Å². The number of hydrogen-bond acceptors (Lipinski definition) is 6. The number of aromatic nitrogens is 4. The van der Waals surface area contributed by atoms with E-state index in [1.54, 1.807) is 11.3 Å². The maximum Gasteiger partial charge on any atom is 0.223 e. The van der Waals surface area contributed by atoms with E-state index >= 15 is 0 Å². The molecule has 0 amide bonds. The van der Waals surface area contributed by atoms with Crippen molar-refractivity contribution >= 4 is 28.2 Å². The number of H-pyrrole nitrogens is 1. The Hall–Kier alpha value is -2.77. The first kappa shape index (κ1) is 19.2. The molecule has 1 aliphatic heterocycles. The number of nitrogens with zero attached hydrogens (tertiary/aromatic N) is 3. The van der Waals surface area contributed by atoms with Crippen LogP contribution in [0.15, 0.2) is 42.2 Å². The van der Waals surface area contributed by atoms with E-state index in [1.807, 2.05) is 24.0 Å². The first-order chi connectivity index (χ1) is 14.5. The van der Waals surface area contributed by atoms with Gasteiger partial charge in [-0.25, -0.2) is 15.0 Å². The molecule has 3 aromatic heterocycles. The van der Waals surface area contributed by atoms with Crippen LogP contribution >= 0.6 is 11.3 Å². The smallest absolute Gasteiger partial charge is 0.223 e. The second kappa shape index (κ2) is 7.49. The predicted octanol–water partition coefficient (Wildman–Crippen LogP) is 5.00. The Morgan fingerprint density at radius 3 is 2.90 bits per heavy atom. The molecule has 4 aromatic rings. The number of nitrogens with one attached hydrogen (secondary N) is 3. The lowest BCUT2D eigenvalue weighted by molar-refractivity contribution is 0.289. The molecule has 4 heterocycles. The molecule has 5 rings (SSSR count). The molecule has 30 heavy (non-hydrogen) atoms. The molecule has 1 aliphatic rings. The van der Waals surface area contributed by atoms with Crippen LogP contribution in [0.3, 0.4) is 0 Å². The summed E-state index contributed by atoms with van der Waals surface area (Å²) in [6.07, 6.45) is 8.03. The van der Waals surface area contributed by atoms with Crippen molar-refractivity contribution in [2.75, 3.05) is 11.9 Å². The van der Waals surface area contributed by atoms with Crippen molar-refractivity contribution in [3.63, 3.8) is 0 Å². The van der Waals surface area contributed by atoms with Gasteiger partial charge in [0.2, 0.25) is 5.95 Å². The molecule has 1 fully saturated rings. The minimum Gasteiger partial charge on any atom is -0.360 e. The van der Waals surface area contributed by atoms with Gasteiger partial charge in [0.1, 0.15) is 5.01 Å². The maximum absolute atomic E-state index is 4.89. The fourth-order valence-corrected chi connectivity index (χ4v) is 4.67. The van der Waals surface area contributed by atoms with Gasteiger partial charge in [-0.2, -0.15) is 0 Å². The number of benzene rings is 1. The lowest BCUT2D eigenvalue weighted by Gasteiger charge is -2.36. The highest BCUT2D eigenvalue weighted by Crippen LogP contribution is 2.33. The number of aromatic amines is 1. The van der Waals surface area contributed by atoms with Crippen LogP contribution in [0.2, 0.25) is 0 Å². The molecule has 0 radical (unpaired) electrons. The van der Waals surface area contributed by atoms with Crippen LogP contribution in [0.4, 0.5) is 5.95 Å². The molecule has 1 saturated heterocycles. The van der Waals surface area contributed by atoms with Crippen molar-refractivity contribution < 1.29 is 0 Å². The van der Waals surface area contributed by atoms with Gasteiger partial charge in [-0.1, -0.05) is 12.1 Å². The van der Waals surface area contributed by atoms with Gasteiger partial charge in [0.05, 0.1) is 5.69 Å². The zero-order chi connectivity index (χ0) is 20.7. The second-order valence-corrected chi connectivity index (χ2v) is 9.56.